The second-order valence-corrected chi connectivity index (χ2v) is 7.59. The summed E-state index contributed by atoms with van der Waals surface area (Å²) in [6, 6.07) is 23.1. The zero-order valence-electron chi connectivity index (χ0n) is 14.3. The Hall–Kier alpha value is -2.56. The van der Waals surface area contributed by atoms with Crippen molar-refractivity contribution in [3.8, 4) is 0 Å². The fraction of sp³-hybridized carbons (Fsp3) is 0.0909. The molecule has 1 heterocycles. The van der Waals surface area contributed by atoms with Crippen LogP contribution in [0.5, 0.6) is 0 Å². The zero-order chi connectivity index (χ0) is 18.1. The minimum Gasteiger partial charge on any atom is -0.398 e. The summed E-state index contributed by atoms with van der Waals surface area (Å²) < 4.78 is 13.9. The van der Waals surface area contributed by atoms with E-state index in [1.165, 1.54) is 22.7 Å². The lowest BCUT2D eigenvalue weighted by molar-refractivity contribution is 0.352. The standard InChI is InChI=1S/C22H20FN2S/c1-2-25(15-16-11-13-17(23)14-12-16)20-9-5-6-10-21(20)26-22(25)18-7-3-4-8-19(18)24/h2-14,22H,1,15,24H2/q+1. The highest BCUT2D eigenvalue weighted by atomic mass is 32.2. The Morgan fingerprint density at radius 2 is 1.69 bits per heavy atom. The molecule has 4 heteroatoms. The molecule has 2 atom stereocenters. The molecule has 0 aromatic heterocycles. The molecule has 0 saturated carbocycles. The molecule has 1 aliphatic heterocycles. The van der Waals surface area contributed by atoms with E-state index in [-0.39, 0.29) is 11.2 Å². The average molecular weight is 363 g/mol. The highest BCUT2D eigenvalue weighted by Crippen LogP contribution is 2.58. The maximum absolute atomic E-state index is 13.4. The van der Waals surface area contributed by atoms with Gasteiger partial charge in [0.05, 0.1) is 11.1 Å². The summed E-state index contributed by atoms with van der Waals surface area (Å²) in [5.74, 6) is -0.223. The number of nitrogens with two attached hydrogens (primary N) is 1. The lowest BCUT2D eigenvalue weighted by Gasteiger charge is -2.36. The quantitative estimate of drug-likeness (QED) is 0.464. The molecule has 3 aromatic carbocycles. The van der Waals surface area contributed by atoms with Crippen molar-refractivity contribution in [1.29, 1.82) is 0 Å². The first-order valence-corrected chi connectivity index (χ1v) is 9.38. The van der Waals surface area contributed by atoms with Crippen molar-refractivity contribution in [2.24, 2.45) is 0 Å². The summed E-state index contributed by atoms with van der Waals surface area (Å²) in [4.78, 5) is 1.22. The fourth-order valence-corrected chi connectivity index (χ4v) is 5.17. The van der Waals surface area contributed by atoms with Gasteiger partial charge in [0, 0.05) is 22.9 Å². The number of nitrogens with zero attached hydrogens (tertiary/aromatic N) is 1. The first kappa shape index (κ1) is 16.9. The van der Waals surface area contributed by atoms with Gasteiger partial charge in [-0.25, -0.2) is 8.87 Å². The molecule has 0 fully saturated rings. The maximum atomic E-state index is 13.4. The van der Waals surface area contributed by atoms with Gasteiger partial charge in [0.1, 0.15) is 12.4 Å². The molecule has 0 spiro atoms. The van der Waals surface area contributed by atoms with Gasteiger partial charge in [-0.15, -0.1) is 0 Å². The van der Waals surface area contributed by atoms with Crippen molar-refractivity contribution in [1.82, 2.24) is 4.48 Å². The van der Waals surface area contributed by atoms with E-state index < -0.39 is 0 Å². The number of fused-ring (bicyclic) bond motifs is 1. The zero-order valence-corrected chi connectivity index (χ0v) is 15.1. The van der Waals surface area contributed by atoms with E-state index in [0.717, 1.165) is 16.8 Å². The number of quaternary nitrogens is 1. The van der Waals surface area contributed by atoms with Crippen molar-refractivity contribution in [3.63, 3.8) is 0 Å². The van der Waals surface area contributed by atoms with Crippen molar-refractivity contribution >= 4 is 23.1 Å². The number of rotatable bonds is 4. The number of halogens is 1. The van der Waals surface area contributed by atoms with Crippen LogP contribution in [0.4, 0.5) is 15.8 Å². The van der Waals surface area contributed by atoms with Gasteiger partial charge in [-0.05, 0) is 30.8 Å². The van der Waals surface area contributed by atoms with Crippen molar-refractivity contribution in [3.05, 3.63) is 103 Å². The Morgan fingerprint density at radius 1 is 1.00 bits per heavy atom. The van der Waals surface area contributed by atoms with E-state index in [2.05, 4.69) is 36.9 Å². The lowest BCUT2D eigenvalue weighted by atomic mass is 10.1. The third-order valence-corrected chi connectivity index (χ3v) is 6.37. The van der Waals surface area contributed by atoms with Crippen LogP contribution >= 0.6 is 11.8 Å². The molecule has 2 nitrogen and oxygen atoms in total. The summed E-state index contributed by atoms with van der Waals surface area (Å²) in [6.07, 6.45) is 1.99. The largest absolute Gasteiger partial charge is 0.398 e. The van der Waals surface area contributed by atoms with E-state index >= 15 is 0 Å². The second-order valence-electron chi connectivity index (χ2n) is 6.46. The molecule has 2 unspecified atom stereocenters. The first-order valence-electron chi connectivity index (χ1n) is 8.50. The Bertz CT molecular complexity index is 954. The fourth-order valence-electron chi connectivity index (χ4n) is 3.61. The van der Waals surface area contributed by atoms with Crippen LogP contribution in [0.2, 0.25) is 0 Å². The molecule has 0 amide bonds. The Balaban J connectivity index is 1.87. The molecule has 0 aliphatic carbocycles. The maximum Gasteiger partial charge on any atom is 0.177 e. The van der Waals surface area contributed by atoms with E-state index in [1.807, 2.05) is 36.5 Å². The molecule has 26 heavy (non-hydrogen) atoms. The minimum absolute atomic E-state index is 0.0659. The van der Waals surface area contributed by atoms with E-state index in [9.17, 15) is 4.39 Å². The molecule has 0 radical (unpaired) electrons. The predicted octanol–water partition coefficient (Wildman–Crippen LogP) is 5.86. The number of hydrogen-bond acceptors (Lipinski definition) is 2. The molecular formula is C22H20FN2S+. The van der Waals surface area contributed by atoms with Crippen LogP contribution in [0, 0.1) is 5.82 Å². The highest BCUT2D eigenvalue weighted by molar-refractivity contribution is 8.00. The minimum atomic E-state index is -0.223. The van der Waals surface area contributed by atoms with Crippen molar-refractivity contribution < 1.29 is 4.39 Å². The number of anilines is 1. The van der Waals surface area contributed by atoms with Crippen molar-refractivity contribution in [2.45, 2.75) is 16.8 Å². The lowest BCUT2D eigenvalue weighted by Crippen LogP contribution is -2.42. The first-order chi connectivity index (χ1) is 12.6. The third kappa shape index (κ3) is 2.71. The molecule has 2 N–H and O–H groups in total. The van der Waals surface area contributed by atoms with Crippen LogP contribution < -0.4 is 10.2 Å². The molecular weight excluding hydrogens is 343 g/mol. The number of hydrogen-bond donors (Lipinski definition) is 1. The van der Waals surface area contributed by atoms with Gasteiger partial charge in [0.2, 0.25) is 0 Å². The van der Waals surface area contributed by atoms with Gasteiger partial charge in [0.15, 0.2) is 11.1 Å². The average Bonchev–Trinajstić information content (AvgIpc) is 2.99. The van der Waals surface area contributed by atoms with Gasteiger partial charge >= 0.3 is 0 Å². The summed E-state index contributed by atoms with van der Waals surface area (Å²) >= 11 is 1.80. The van der Waals surface area contributed by atoms with E-state index in [1.54, 1.807) is 11.8 Å². The van der Waals surface area contributed by atoms with Gasteiger partial charge in [-0.3, -0.25) is 0 Å². The smallest absolute Gasteiger partial charge is 0.177 e. The molecule has 0 bridgehead atoms. The van der Waals surface area contributed by atoms with Crippen LogP contribution in [-0.4, -0.2) is 0 Å². The molecule has 3 aromatic rings. The van der Waals surface area contributed by atoms with Gasteiger partial charge in [-0.1, -0.05) is 54.2 Å². The van der Waals surface area contributed by atoms with Crippen molar-refractivity contribution in [2.75, 3.05) is 5.73 Å². The van der Waals surface area contributed by atoms with Crippen LogP contribution in [0.3, 0.4) is 0 Å². The van der Waals surface area contributed by atoms with Crippen LogP contribution in [0.1, 0.15) is 16.5 Å². The van der Waals surface area contributed by atoms with E-state index in [4.69, 9.17) is 5.73 Å². The van der Waals surface area contributed by atoms with Gasteiger partial charge < -0.3 is 5.73 Å². The third-order valence-electron chi connectivity index (χ3n) is 4.92. The number of para-hydroxylation sites is 2. The second kappa shape index (κ2) is 6.63. The SMILES string of the molecule is C=C[N+]1(Cc2ccc(F)cc2)c2ccccc2SC1c1ccccc1N. The van der Waals surface area contributed by atoms with Gasteiger partial charge in [0.25, 0.3) is 0 Å². The highest BCUT2D eigenvalue weighted by Gasteiger charge is 2.47. The van der Waals surface area contributed by atoms with Gasteiger partial charge in [-0.2, -0.15) is 0 Å². The summed E-state index contributed by atoms with van der Waals surface area (Å²) in [6.45, 7) is 4.86. The topological polar surface area (TPSA) is 26.0 Å². The van der Waals surface area contributed by atoms with Crippen LogP contribution in [0.15, 0.2) is 90.5 Å². The molecule has 4 rings (SSSR count). The number of thioether (sulfide) groups is 1. The molecule has 130 valence electrons. The Kier molecular flexibility index (Phi) is 4.31. The summed E-state index contributed by atoms with van der Waals surface area (Å²) in [7, 11) is 0. The summed E-state index contributed by atoms with van der Waals surface area (Å²) in [5, 5.41) is 0.0659. The number of benzene rings is 3. The predicted molar refractivity (Wildman–Crippen MR) is 108 cm³/mol. The van der Waals surface area contributed by atoms with Crippen LogP contribution in [0.25, 0.3) is 0 Å². The summed E-state index contributed by atoms with van der Waals surface area (Å²) in [5.41, 5.74) is 10.4. The molecule has 0 saturated heterocycles. The number of nitrogen functional groups attached to an aromatic ring is 1. The van der Waals surface area contributed by atoms with E-state index in [0.29, 0.717) is 11.0 Å². The monoisotopic (exact) mass is 363 g/mol. The Labute approximate surface area is 157 Å². The Morgan fingerprint density at radius 3 is 2.42 bits per heavy atom. The molecule has 1 aliphatic rings. The van der Waals surface area contributed by atoms with Crippen LogP contribution in [-0.2, 0) is 6.54 Å². The normalized spacial score (nSPS) is 21.3.